The maximum Gasteiger partial charge on any atom is 0.233 e. The van der Waals surface area contributed by atoms with Crippen molar-refractivity contribution in [2.45, 2.75) is 26.8 Å². The molecule has 0 fully saturated rings. The molecule has 19 heavy (non-hydrogen) atoms. The number of aromatic nitrogens is 2. The van der Waals surface area contributed by atoms with E-state index in [9.17, 15) is 0 Å². The van der Waals surface area contributed by atoms with Gasteiger partial charge in [0.15, 0.2) is 0 Å². The van der Waals surface area contributed by atoms with E-state index in [0.29, 0.717) is 5.88 Å². The molecule has 4 heteroatoms. The van der Waals surface area contributed by atoms with Gasteiger partial charge in [0.05, 0.1) is 18.8 Å². The number of aryl methyl sites for hydroxylation is 3. The molecule has 4 nitrogen and oxygen atoms in total. The minimum absolute atomic E-state index is 0.266. The molecule has 0 saturated heterocycles. The number of ether oxygens (including phenoxy) is 1. The van der Waals surface area contributed by atoms with Gasteiger partial charge in [0.2, 0.25) is 5.88 Å². The molecule has 1 heterocycles. The molecule has 0 radical (unpaired) electrons. The number of benzene rings is 1. The van der Waals surface area contributed by atoms with E-state index in [2.05, 4.69) is 43.1 Å². The fourth-order valence-corrected chi connectivity index (χ4v) is 2.08. The Labute approximate surface area is 113 Å². The van der Waals surface area contributed by atoms with Gasteiger partial charge in [-0.3, -0.25) is 0 Å². The van der Waals surface area contributed by atoms with E-state index in [0.717, 1.165) is 11.3 Å². The van der Waals surface area contributed by atoms with Gasteiger partial charge in [0.25, 0.3) is 0 Å². The molecule has 0 amide bonds. The molecule has 2 aromatic rings. The predicted molar refractivity (Wildman–Crippen MR) is 75.3 cm³/mol. The van der Waals surface area contributed by atoms with E-state index in [1.165, 1.54) is 16.7 Å². The molecule has 1 atom stereocenters. The summed E-state index contributed by atoms with van der Waals surface area (Å²) < 4.78 is 5.00. The van der Waals surface area contributed by atoms with Crippen LogP contribution in [0.3, 0.4) is 0 Å². The average Bonchev–Trinajstić information content (AvgIpc) is 2.42. The first-order valence-electron chi connectivity index (χ1n) is 6.24. The second-order valence-electron chi connectivity index (χ2n) is 4.77. The second-order valence-corrected chi connectivity index (χ2v) is 4.77. The molecule has 100 valence electrons. The highest BCUT2D eigenvalue weighted by molar-refractivity contribution is 5.40. The van der Waals surface area contributed by atoms with Crippen molar-refractivity contribution < 1.29 is 4.74 Å². The van der Waals surface area contributed by atoms with Crippen LogP contribution in [0.15, 0.2) is 24.3 Å². The van der Waals surface area contributed by atoms with Gasteiger partial charge in [-0.05, 0) is 49.1 Å². The van der Waals surface area contributed by atoms with Crippen LogP contribution < -0.4 is 10.5 Å². The largest absolute Gasteiger partial charge is 0.480 e. The first kappa shape index (κ1) is 13.5. The van der Waals surface area contributed by atoms with Crippen molar-refractivity contribution in [3.05, 3.63) is 52.2 Å². The Kier molecular flexibility index (Phi) is 3.81. The highest BCUT2D eigenvalue weighted by Crippen LogP contribution is 2.24. The van der Waals surface area contributed by atoms with Gasteiger partial charge in [0, 0.05) is 6.07 Å². The van der Waals surface area contributed by atoms with Crippen molar-refractivity contribution in [1.29, 1.82) is 0 Å². The van der Waals surface area contributed by atoms with Gasteiger partial charge < -0.3 is 10.5 Å². The van der Waals surface area contributed by atoms with Gasteiger partial charge in [-0.2, -0.15) is 0 Å². The van der Waals surface area contributed by atoms with Gasteiger partial charge in [-0.25, -0.2) is 0 Å². The van der Waals surface area contributed by atoms with Crippen LogP contribution in [0.25, 0.3) is 0 Å². The zero-order valence-electron chi connectivity index (χ0n) is 11.8. The summed E-state index contributed by atoms with van der Waals surface area (Å²) in [6.45, 7) is 6.26. The van der Waals surface area contributed by atoms with Crippen molar-refractivity contribution in [2.24, 2.45) is 5.73 Å². The quantitative estimate of drug-likeness (QED) is 0.917. The van der Waals surface area contributed by atoms with Crippen molar-refractivity contribution in [2.75, 3.05) is 7.11 Å². The van der Waals surface area contributed by atoms with Crippen molar-refractivity contribution in [3.63, 3.8) is 0 Å². The van der Waals surface area contributed by atoms with E-state index in [-0.39, 0.29) is 6.04 Å². The summed E-state index contributed by atoms with van der Waals surface area (Å²) in [7, 11) is 1.57. The Morgan fingerprint density at radius 1 is 1.00 bits per heavy atom. The zero-order valence-corrected chi connectivity index (χ0v) is 11.8. The van der Waals surface area contributed by atoms with Gasteiger partial charge >= 0.3 is 0 Å². The lowest BCUT2D eigenvalue weighted by Gasteiger charge is -2.16. The van der Waals surface area contributed by atoms with Crippen LogP contribution in [-0.2, 0) is 0 Å². The summed E-state index contributed by atoms with van der Waals surface area (Å²) in [6, 6.07) is 7.64. The van der Waals surface area contributed by atoms with Gasteiger partial charge in [-0.15, -0.1) is 10.2 Å². The smallest absolute Gasteiger partial charge is 0.233 e. The van der Waals surface area contributed by atoms with E-state index in [1.807, 2.05) is 6.07 Å². The molecule has 2 N–H and O–H groups in total. The summed E-state index contributed by atoms with van der Waals surface area (Å²) in [6.07, 6.45) is 0. The second kappa shape index (κ2) is 5.36. The first-order valence-corrected chi connectivity index (χ1v) is 6.24. The van der Waals surface area contributed by atoms with Gasteiger partial charge in [-0.1, -0.05) is 12.1 Å². The number of hydrogen-bond donors (Lipinski definition) is 1. The maximum atomic E-state index is 6.28. The first-order chi connectivity index (χ1) is 9.02. The lowest BCUT2D eigenvalue weighted by atomic mass is 9.94. The Morgan fingerprint density at radius 2 is 1.68 bits per heavy atom. The highest BCUT2D eigenvalue weighted by atomic mass is 16.5. The van der Waals surface area contributed by atoms with Crippen LogP contribution >= 0.6 is 0 Å². The fraction of sp³-hybridized carbons (Fsp3) is 0.333. The van der Waals surface area contributed by atoms with Crippen LogP contribution in [0.1, 0.15) is 34.0 Å². The number of nitrogens with zero attached hydrogens (tertiary/aromatic N) is 2. The fourth-order valence-electron chi connectivity index (χ4n) is 2.08. The number of hydrogen-bond acceptors (Lipinski definition) is 4. The molecule has 0 bridgehead atoms. The predicted octanol–water partition coefficient (Wildman–Crippen LogP) is 2.46. The summed E-state index contributed by atoms with van der Waals surface area (Å²) in [5.74, 6) is 0.493. The van der Waals surface area contributed by atoms with Crippen molar-refractivity contribution in [3.8, 4) is 5.88 Å². The molecule has 0 aliphatic rings. The SMILES string of the molecule is COc1ccc(C(N)c2cc(C)c(C)cc2C)nn1. The number of methoxy groups -OCH3 is 1. The molecular formula is C15H19N3O. The van der Waals surface area contributed by atoms with Crippen molar-refractivity contribution >= 4 is 0 Å². The molecule has 0 aliphatic carbocycles. The Morgan fingerprint density at radius 3 is 2.26 bits per heavy atom. The van der Waals surface area contributed by atoms with Crippen LogP contribution in [-0.4, -0.2) is 17.3 Å². The average molecular weight is 257 g/mol. The normalized spacial score (nSPS) is 12.3. The summed E-state index contributed by atoms with van der Waals surface area (Å²) >= 11 is 0. The number of nitrogens with two attached hydrogens (primary N) is 1. The molecule has 2 rings (SSSR count). The Balaban J connectivity index is 2.37. The third-order valence-corrected chi connectivity index (χ3v) is 3.41. The van der Waals surface area contributed by atoms with E-state index in [4.69, 9.17) is 10.5 Å². The van der Waals surface area contributed by atoms with Crippen molar-refractivity contribution in [1.82, 2.24) is 10.2 Å². The third-order valence-electron chi connectivity index (χ3n) is 3.41. The Hall–Kier alpha value is -1.94. The van der Waals surface area contributed by atoms with Crippen LogP contribution in [0.4, 0.5) is 0 Å². The molecule has 1 unspecified atom stereocenters. The molecular weight excluding hydrogens is 238 g/mol. The van der Waals surface area contributed by atoms with E-state index in [1.54, 1.807) is 13.2 Å². The minimum atomic E-state index is -0.266. The molecule has 1 aromatic heterocycles. The third kappa shape index (κ3) is 2.74. The maximum absolute atomic E-state index is 6.28. The summed E-state index contributed by atoms with van der Waals surface area (Å²) in [5, 5.41) is 8.08. The van der Waals surface area contributed by atoms with Crippen LogP contribution in [0, 0.1) is 20.8 Å². The topological polar surface area (TPSA) is 61.0 Å². The lowest BCUT2D eigenvalue weighted by molar-refractivity contribution is 0.390. The monoisotopic (exact) mass is 257 g/mol. The van der Waals surface area contributed by atoms with Gasteiger partial charge in [0.1, 0.15) is 0 Å². The Bertz CT molecular complexity index is 579. The van der Waals surface area contributed by atoms with E-state index < -0.39 is 0 Å². The van der Waals surface area contributed by atoms with Crippen LogP contribution in [0.2, 0.25) is 0 Å². The summed E-state index contributed by atoms with van der Waals surface area (Å²) in [4.78, 5) is 0. The van der Waals surface area contributed by atoms with Crippen LogP contribution in [0.5, 0.6) is 5.88 Å². The summed E-state index contributed by atoms with van der Waals surface area (Å²) in [5.41, 5.74) is 11.8. The standard InChI is InChI=1S/C15H19N3O/c1-9-7-11(3)12(8-10(9)2)15(16)13-5-6-14(19-4)18-17-13/h5-8,15H,16H2,1-4H3. The molecule has 1 aromatic carbocycles. The van der Waals surface area contributed by atoms with E-state index >= 15 is 0 Å². The molecule has 0 saturated carbocycles. The number of rotatable bonds is 3. The molecule has 0 spiro atoms. The highest BCUT2D eigenvalue weighted by Gasteiger charge is 2.14. The minimum Gasteiger partial charge on any atom is -0.480 e. The zero-order chi connectivity index (χ0) is 14.0. The molecule has 0 aliphatic heterocycles. The lowest BCUT2D eigenvalue weighted by Crippen LogP contribution is -2.16.